The summed E-state index contributed by atoms with van der Waals surface area (Å²) in [7, 11) is 0. The molecule has 0 bridgehead atoms. The Bertz CT molecular complexity index is 387. The minimum Gasteiger partial charge on any atom is -0.508 e. The molecule has 1 nitrogen and oxygen atoms in total. The van der Waals surface area contributed by atoms with Gasteiger partial charge in [-0.25, -0.2) is 0 Å². The highest BCUT2D eigenvalue weighted by molar-refractivity contribution is 5.85. The van der Waals surface area contributed by atoms with Gasteiger partial charge in [0.05, 0.1) is 0 Å². The van der Waals surface area contributed by atoms with Crippen LogP contribution in [-0.4, -0.2) is 5.11 Å². The smallest absolute Gasteiger partial charge is 0.116 e. The van der Waals surface area contributed by atoms with E-state index in [1.54, 1.807) is 12.1 Å². The Balaban J connectivity index is 0.000000720. The minimum atomic E-state index is 0. The van der Waals surface area contributed by atoms with E-state index in [4.69, 9.17) is 5.11 Å². The molecule has 0 radical (unpaired) electrons. The van der Waals surface area contributed by atoms with Crippen LogP contribution < -0.4 is 0 Å². The van der Waals surface area contributed by atoms with E-state index in [1.807, 2.05) is 30.3 Å². The molecule has 0 aliphatic heterocycles. The summed E-state index contributed by atoms with van der Waals surface area (Å²) in [6.45, 7) is 0. The quantitative estimate of drug-likeness (QED) is 0.717. The van der Waals surface area contributed by atoms with Crippen molar-refractivity contribution < 1.29 is 5.11 Å². The standard InChI is InChI=1S/C10H8O.2ClH/c11-10-6-5-8-3-1-2-4-9(8)7-10;;/h1-7,11H;2*1H. The van der Waals surface area contributed by atoms with E-state index >= 15 is 0 Å². The SMILES string of the molecule is Cl.Cl.Oc1ccc2ccccc2c1. The molecule has 0 aliphatic carbocycles. The third kappa shape index (κ3) is 2.51. The molecule has 2 aromatic carbocycles. The van der Waals surface area contributed by atoms with Crippen molar-refractivity contribution in [1.29, 1.82) is 0 Å². The van der Waals surface area contributed by atoms with Crippen LogP contribution in [0.1, 0.15) is 0 Å². The second-order valence-corrected chi connectivity index (χ2v) is 2.53. The summed E-state index contributed by atoms with van der Waals surface area (Å²) in [4.78, 5) is 0. The Labute approximate surface area is 89.2 Å². The molecule has 0 heterocycles. The monoisotopic (exact) mass is 216 g/mol. The lowest BCUT2D eigenvalue weighted by atomic mass is 10.1. The van der Waals surface area contributed by atoms with Crippen molar-refractivity contribution in [3.8, 4) is 5.75 Å². The van der Waals surface area contributed by atoms with E-state index < -0.39 is 0 Å². The number of aromatic hydroxyl groups is 1. The molecule has 3 heteroatoms. The molecule has 1 N–H and O–H groups in total. The molecule has 0 unspecified atom stereocenters. The van der Waals surface area contributed by atoms with Crippen LogP contribution in [0.4, 0.5) is 0 Å². The van der Waals surface area contributed by atoms with Crippen molar-refractivity contribution in [2.75, 3.05) is 0 Å². The maximum absolute atomic E-state index is 9.13. The molecule has 0 aliphatic rings. The summed E-state index contributed by atoms with van der Waals surface area (Å²) >= 11 is 0. The van der Waals surface area contributed by atoms with Crippen molar-refractivity contribution >= 4 is 35.6 Å². The average molecular weight is 217 g/mol. The van der Waals surface area contributed by atoms with Crippen LogP contribution in [0.5, 0.6) is 5.75 Å². The number of hydrogen-bond donors (Lipinski definition) is 1. The number of rotatable bonds is 0. The van der Waals surface area contributed by atoms with Gasteiger partial charge in [-0.3, -0.25) is 0 Å². The Kier molecular flexibility index (Phi) is 4.60. The third-order valence-corrected chi connectivity index (χ3v) is 1.73. The Morgan fingerprint density at radius 3 is 2.08 bits per heavy atom. The van der Waals surface area contributed by atoms with Gasteiger partial charge in [0.15, 0.2) is 0 Å². The van der Waals surface area contributed by atoms with Gasteiger partial charge in [0.1, 0.15) is 5.75 Å². The Hall–Kier alpha value is -0.920. The lowest BCUT2D eigenvalue weighted by Gasteiger charge is -1.96. The highest BCUT2D eigenvalue weighted by atomic mass is 35.5. The molecule has 0 atom stereocenters. The largest absolute Gasteiger partial charge is 0.508 e. The summed E-state index contributed by atoms with van der Waals surface area (Å²) in [6, 6.07) is 13.3. The maximum atomic E-state index is 9.13. The van der Waals surface area contributed by atoms with Gasteiger partial charge in [0.2, 0.25) is 0 Å². The van der Waals surface area contributed by atoms with Crippen LogP contribution in [0.25, 0.3) is 10.8 Å². The van der Waals surface area contributed by atoms with Crippen LogP contribution in [0, 0.1) is 0 Å². The van der Waals surface area contributed by atoms with Gasteiger partial charge in [-0.15, -0.1) is 24.8 Å². The van der Waals surface area contributed by atoms with Crippen molar-refractivity contribution in [2.24, 2.45) is 0 Å². The highest BCUT2D eigenvalue weighted by Gasteiger charge is 1.91. The second kappa shape index (κ2) is 4.95. The predicted octanol–water partition coefficient (Wildman–Crippen LogP) is 3.39. The molecule has 2 rings (SSSR count). The van der Waals surface area contributed by atoms with Crippen LogP contribution in [0.15, 0.2) is 42.5 Å². The molecule has 0 saturated heterocycles. The van der Waals surface area contributed by atoms with Gasteiger partial charge in [-0.2, -0.15) is 0 Å². The van der Waals surface area contributed by atoms with E-state index in [-0.39, 0.29) is 24.8 Å². The van der Waals surface area contributed by atoms with E-state index in [9.17, 15) is 0 Å². The summed E-state index contributed by atoms with van der Waals surface area (Å²) in [5.41, 5.74) is 0. The summed E-state index contributed by atoms with van der Waals surface area (Å²) < 4.78 is 0. The first-order valence-corrected chi connectivity index (χ1v) is 3.54. The van der Waals surface area contributed by atoms with Crippen molar-refractivity contribution in [1.82, 2.24) is 0 Å². The first-order valence-electron chi connectivity index (χ1n) is 3.54. The molecular weight excluding hydrogens is 207 g/mol. The maximum Gasteiger partial charge on any atom is 0.116 e. The molecule has 0 saturated carbocycles. The number of phenols is 1. The fourth-order valence-electron chi connectivity index (χ4n) is 1.18. The topological polar surface area (TPSA) is 20.2 Å². The lowest BCUT2D eigenvalue weighted by Crippen LogP contribution is -1.69. The third-order valence-electron chi connectivity index (χ3n) is 1.73. The lowest BCUT2D eigenvalue weighted by molar-refractivity contribution is 0.476. The van der Waals surface area contributed by atoms with Crippen LogP contribution in [-0.2, 0) is 0 Å². The molecule has 0 aromatic heterocycles. The van der Waals surface area contributed by atoms with E-state index in [0.717, 1.165) is 10.8 Å². The number of fused-ring (bicyclic) bond motifs is 1. The van der Waals surface area contributed by atoms with Crippen molar-refractivity contribution in [2.45, 2.75) is 0 Å². The molecular formula is C10H10Cl2O. The zero-order valence-electron chi connectivity index (χ0n) is 6.81. The van der Waals surface area contributed by atoms with Gasteiger partial charge >= 0.3 is 0 Å². The van der Waals surface area contributed by atoms with Gasteiger partial charge < -0.3 is 5.11 Å². The van der Waals surface area contributed by atoms with Gasteiger partial charge in [-0.05, 0) is 22.9 Å². The van der Waals surface area contributed by atoms with Crippen molar-refractivity contribution in [3.63, 3.8) is 0 Å². The first-order chi connectivity index (χ1) is 5.36. The normalized spacial score (nSPS) is 8.62. The van der Waals surface area contributed by atoms with Crippen molar-refractivity contribution in [3.05, 3.63) is 42.5 Å². The summed E-state index contributed by atoms with van der Waals surface area (Å²) in [5, 5.41) is 11.4. The molecule has 13 heavy (non-hydrogen) atoms. The highest BCUT2D eigenvalue weighted by Crippen LogP contribution is 2.18. The zero-order valence-corrected chi connectivity index (χ0v) is 8.44. The minimum absolute atomic E-state index is 0. The number of halogens is 2. The van der Waals surface area contributed by atoms with Crippen LogP contribution in [0.2, 0.25) is 0 Å². The fourth-order valence-corrected chi connectivity index (χ4v) is 1.18. The Morgan fingerprint density at radius 1 is 0.769 bits per heavy atom. The molecule has 2 aromatic rings. The van der Waals surface area contributed by atoms with Crippen LogP contribution >= 0.6 is 24.8 Å². The second-order valence-electron chi connectivity index (χ2n) is 2.53. The first kappa shape index (κ1) is 12.1. The number of benzene rings is 2. The molecule has 0 amide bonds. The Morgan fingerprint density at radius 2 is 1.38 bits per heavy atom. The summed E-state index contributed by atoms with van der Waals surface area (Å²) in [6.07, 6.45) is 0. The van der Waals surface area contributed by atoms with Crippen LogP contribution in [0.3, 0.4) is 0 Å². The van der Waals surface area contributed by atoms with E-state index in [0.29, 0.717) is 5.75 Å². The number of phenolic OH excluding ortho intramolecular Hbond substituents is 1. The summed E-state index contributed by atoms with van der Waals surface area (Å²) in [5.74, 6) is 0.323. The van der Waals surface area contributed by atoms with Gasteiger partial charge in [0, 0.05) is 0 Å². The molecule has 0 fully saturated rings. The van der Waals surface area contributed by atoms with Gasteiger partial charge in [-0.1, -0.05) is 30.3 Å². The zero-order chi connectivity index (χ0) is 7.68. The number of hydrogen-bond acceptors (Lipinski definition) is 1. The van der Waals surface area contributed by atoms with E-state index in [2.05, 4.69) is 0 Å². The molecule has 0 spiro atoms. The van der Waals surface area contributed by atoms with Gasteiger partial charge in [0.25, 0.3) is 0 Å². The predicted molar refractivity (Wildman–Crippen MR) is 60.1 cm³/mol. The fraction of sp³-hybridized carbons (Fsp3) is 0. The average Bonchev–Trinajstić information content (AvgIpc) is 2.04. The molecule has 70 valence electrons. The van der Waals surface area contributed by atoms with E-state index in [1.165, 1.54) is 0 Å².